The lowest BCUT2D eigenvalue weighted by molar-refractivity contribution is -0.130. The van der Waals surface area contributed by atoms with E-state index in [1.807, 2.05) is 4.90 Å². The molecular weight excluding hydrogens is 373 g/mol. The van der Waals surface area contributed by atoms with Crippen LogP contribution < -0.4 is 5.32 Å². The molecule has 1 aromatic carbocycles. The molecule has 1 aliphatic heterocycles. The van der Waals surface area contributed by atoms with Gasteiger partial charge in [-0.15, -0.1) is 0 Å². The molecule has 0 aliphatic carbocycles. The van der Waals surface area contributed by atoms with Crippen LogP contribution in [0, 0.1) is 5.82 Å². The average Bonchev–Trinajstić information content (AvgIpc) is 2.83. The molecule has 1 heterocycles. The molecule has 0 radical (unpaired) electrons. The number of carbonyl (C=O) groups is 2. The number of sulfonamides is 1. The van der Waals surface area contributed by atoms with E-state index in [1.54, 1.807) is 0 Å². The van der Waals surface area contributed by atoms with Crippen LogP contribution >= 0.6 is 0 Å². The van der Waals surface area contributed by atoms with Crippen molar-refractivity contribution in [3.8, 4) is 0 Å². The number of nitrogens with zero attached hydrogens (tertiary/aromatic N) is 2. The third kappa shape index (κ3) is 6.28. The van der Waals surface area contributed by atoms with Crippen molar-refractivity contribution in [2.75, 3.05) is 33.2 Å². The molecule has 1 aromatic rings. The molecule has 1 N–H and O–H groups in total. The molecule has 2 rings (SSSR count). The lowest BCUT2D eigenvalue weighted by atomic mass is 10.2. The average molecular weight is 399 g/mol. The van der Waals surface area contributed by atoms with E-state index in [4.69, 9.17) is 0 Å². The number of halogens is 1. The molecule has 2 amide bonds. The maximum Gasteiger partial charge on any atom is 0.243 e. The molecule has 0 atom stereocenters. The summed E-state index contributed by atoms with van der Waals surface area (Å²) in [6, 6.07) is 4.45. The third-order valence-electron chi connectivity index (χ3n) is 4.49. The summed E-state index contributed by atoms with van der Waals surface area (Å²) in [6.07, 6.45) is 4.20. The summed E-state index contributed by atoms with van der Waals surface area (Å²) in [6.45, 7) is 1.38. The van der Waals surface area contributed by atoms with Gasteiger partial charge in [-0.2, -0.15) is 4.31 Å². The van der Waals surface area contributed by atoms with Crippen molar-refractivity contribution in [1.82, 2.24) is 14.5 Å². The number of likely N-dealkylation sites (tertiary alicyclic amines) is 1. The fraction of sp³-hybridized carbons (Fsp3) is 0.556. The van der Waals surface area contributed by atoms with Crippen molar-refractivity contribution < 1.29 is 22.4 Å². The van der Waals surface area contributed by atoms with Gasteiger partial charge in [-0.25, -0.2) is 12.8 Å². The second kappa shape index (κ2) is 9.80. The number of hydrogen-bond donors (Lipinski definition) is 1. The Balaban J connectivity index is 1.76. The first-order valence-electron chi connectivity index (χ1n) is 9.07. The quantitative estimate of drug-likeness (QED) is 0.669. The SMILES string of the molecule is CN(CC(=O)NCCCN1CCCCCC1=O)S(=O)(=O)c1ccc(F)cc1. The summed E-state index contributed by atoms with van der Waals surface area (Å²) in [5, 5.41) is 2.67. The van der Waals surface area contributed by atoms with Gasteiger partial charge in [0.2, 0.25) is 21.8 Å². The highest BCUT2D eigenvalue weighted by Crippen LogP contribution is 2.14. The molecule has 9 heteroatoms. The summed E-state index contributed by atoms with van der Waals surface area (Å²) in [7, 11) is -2.56. The van der Waals surface area contributed by atoms with Gasteiger partial charge in [0.25, 0.3) is 0 Å². The van der Waals surface area contributed by atoms with Crippen molar-refractivity contribution in [3.05, 3.63) is 30.1 Å². The lowest BCUT2D eigenvalue weighted by Gasteiger charge is -2.20. The number of rotatable bonds is 8. The summed E-state index contributed by atoms with van der Waals surface area (Å²) in [4.78, 5) is 25.6. The Kier molecular flexibility index (Phi) is 7.73. The maximum absolute atomic E-state index is 12.9. The molecule has 1 saturated heterocycles. The van der Waals surface area contributed by atoms with E-state index in [2.05, 4.69) is 5.32 Å². The normalized spacial score (nSPS) is 15.7. The number of carbonyl (C=O) groups excluding carboxylic acids is 2. The van der Waals surface area contributed by atoms with Crippen LogP contribution in [0.25, 0.3) is 0 Å². The van der Waals surface area contributed by atoms with Crippen LogP contribution in [0.5, 0.6) is 0 Å². The predicted octanol–water partition coefficient (Wildman–Crippen LogP) is 1.36. The summed E-state index contributed by atoms with van der Waals surface area (Å²) in [5.74, 6) is -0.799. The van der Waals surface area contributed by atoms with E-state index in [0.717, 1.165) is 54.4 Å². The second-order valence-corrected chi connectivity index (χ2v) is 8.65. The zero-order chi connectivity index (χ0) is 19.9. The Morgan fingerprint density at radius 3 is 2.63 bits per heavy atom. The fourth-order valence-corrected chi connectivity index (χ4v) is 4.03. The molecule has 150 valence electrons. The molecule has 1 aliphatic rings. The standard InChI is InChI=1S/C18H26FN3O4S/c1-21(27(25,26)16-9-7-15(19)8-10-16)14-17(23)20-11-5-13-22-12-4-2-3-6-18(22)24/h7-10H,2-6,11-14H2,1H3,(H,20,23). The number of nitrogens with one attached hydrogen (secondary N) is 1. The summed E-state index contributed by atoms with van der Waals surface area (Å²) >= 11 is 0. The van der Waals surface area contributed by atoms with Crippen LogP contribution in [0.1, 0.15) is 32.1 Å². The number of benzene rings is 1. The van der Waals surface area contributed by atoms with Crippen LogP contribution in [-0.2, 0) is 19.6 Å². The van der Waals surface area contributed by atoms with Crippen LogP contribution in [-0.4, -0.2) is 62.7 Å². The molecule has 0 bridgehead atoms. The molecule has 0 spiro atoms. The highest BCUT2D eigenvalue weighted by molar-refractivity contribution is 7.89. The minimum atomic E-state index is -3.86. The van der Waals surface area contributed by atoms with Crippen molar-refractivity contribution in [2.45, 2.75) is 37.0 Å². The van der Waals surface area contributed by atoms with Crippen molar-refractivity contribution in [2.24, 2.45) is 0 Å². The second-order valence-electron chi connectivity index (χ2n) is 6.61. The maximum atomic E-state index is 12.9. The molecule has 0 saturated carbocycles. The van der Waals surface area contributed by atoms with Crippen molar-refractivity contribution >= 4 is 21.8 Å². The lowest BCUT2D eigenvalue weighted by Crippen LogP contribution is -2.39. The van der Waals surface area contributed by atoms with Gasteiger partial charge in [-0.05, 0) is 43.5 Å². The minimum absolute atomic E-state index is 0.0705. The molecule has 0 aromatic heterocycles. The zero-order valence-electron chi connectivity index (χ0n) is 15.5. The fourth-order valence-electron chi connectivity index (χ4n) is 2.90. The van der Waals surface area contributed by atoms with Crippen LogP contribution in [0.15, 0.2) is 29.2 Å². The van der Waals surface area contributed by atoms with Gasteiger partial charge in [-0.3, -0.25) is 9.59 Å². The predicted molar refractivity (Wildman–Crippen MR) is 98.9 cm³/mol. The van der Waals surface area contributed by atoms with Gasteiger partial charge in [-0.1, -0.05) is 6.42 Å². The Labute approximate surface area is 159 Å². The third-order valence-corrected chi connectivity index (χ3v) is 6.30. The first kappa shape index (κ1) is 21.3. The molecule has 7 nitrogen and oxygen atoms in total. The summed E-state index contributed by atoms with van der Waals surface area (Å²) in [5.41, 5.74) is 0. The van der Waals surface area contributed by atoms with Gasteiger partial charge >= 0.3 is 0 Å². The number of hydrogen-bond acceptors (Lipinski definition) is 4. The largest absolute Gasteiger partial charge is 0.355 e. The number of likely N-dealkylation sites (N-methyl/N-ethyl adjacent to an activating group) is 1. The van der Waals surface area contributed by atoms with Gasteiger partial charge in [0.05, 0.1) is 11.4 Å². The molecular formula is C18H26FN3O4S. The van der Waals surface area contributed by atoms with Gasteiger partial charge in [0.1, 0.15) is 5.82 Å². The molecule has 0 unspecified atom stereocenters. The van der Waals surface area contributed by atoms with Gasteiger partial charge in [0, 0.05) is 33.1 Å². The minimum Gasteiger partial charge on any atom is -0.355 e. The zero-order valence-corrected chi connectivity index (χ0v) is 16.3. The van der Waals surface area contributed by atoms with Gasteiger partial charge < -0.3 is 10.2 Å². The van der Waals surface area contributed by atoms with Gasteiger partial charge in [0.15, 0.2) is 0 Å². The highest BCUT2D eigenvalue weighted by atomic mass is 32.2. The first-order chi connectivity index (χ1) is 12.8. The van der Waals surface area contributed by atoms with E-state index in [9.17, 15) is 22.4 Å². The topological polar surface area (TPSA) is 86.8 Å². The molecule has 1 fully saturated rings. The Morgan fingerprint density at radius 1 is 1.22 bits per heavy atom. The first-order valence-corrected chi connectivity index (χ1v) is 10.5. The number of amides is 2. The van der Waals surface area contributed by atoms with Crippen molar-refractivity contribution in [1.29, 1.82) is 0 Å². The Bertz CT molecular complexity index is 752. The smallest absolute Gasteiger partial charge is 0.243 e. The van der Waals surface area contributed by atoms with E-state index in [1.165, 1.54) is 7.05 Å². The monoisotopic (exact) mass is 399 g/mol. The Morgan fingerprint density at radius 2 is 1.93 bits per heavy atom. The summed E-state index contributed by atoms with van der Waals surface area (Å²) < 4.78 is 38.6. The molecule has 27 heavy (non-hydrogen) atoms. The van der Waals surface area contributed by atoms with E-state index in [-0.39, 0.29) is 17.3 Å². The van der Waals surface area contributed by atoms with Crippen molar-refractivity contribution in [3.63, 3.8) is 0 Å². The van der Waals surface area contributed by atoms with Crippen LogP contribution in [0.4, 0.5) is 4.39 Å². The van der Waals surface area contributed by atoms with E-state index < -0.39 is 21.7 Å². The Hall–Kier alpha value is -2.00. The van der Waals surface area contributed by atoms with E-state index >= 15 is 0 Å². The van der Waals surface area contributed by atoms with E-state index in [0.29, 0.717) is 25.9 Å². The van der Waals surface area contributed by atoms with Crippen LogP contribution in [0.3, 0.4) is 0 Å². The highest BCUT2D eigenvalue weighted by Gasteiger charge is 2.23. The van der Waals surface area contributed by atoms with Crippen LogP contribution in [0.2, 0.25) is 0 Å².